The number of hydrogen-bond acceptors (Lipinski definition) is 7. The van der Waals surface area contributed by atoms with E-state index in [1.54, 1.807) is 0 Å². The van der Waals surface area contributed by atoms with Gasteiger partial charge in [-0.05, 0) is 19.1 Å². The van der Waals surface area contributed by atoms with Gasteiger partial charge in [-0.25, -0.2) is 0 Å². The lowest BCUT2D eigenvalue weighted by atomic mass is 10.2. The summed E-state index contributed by atoms with van der Waals surface area (Å²) in [6.07, 6.45) is -0.862. The zero-order chi connectivity index (χ0) is 12.6. The lowest BCUT2D eigenvalue weighted by molar-refractivity contribution is 0.224. The van der Waals surface area contributed by atoms with Crippen LogP contribution >= 0.6 is 0 Å². The minimum Gasteiger partial charge on any atom is -0.493 e. The van der Waals surface area contributed by atoms with Crippen molar-refractivity contribution in [3.05, 3.63) is 12.1 Å². The average Bonchev–Trinajstić information content (AvgIpc) is 2.53. The molecule has 7 nitrogen and oxygen atoms in total. The molecule has 94 valence electrons. The van der Waals surface area contributed by atoms with Crippen molar-refractivity contribution in [3.8, 4) is 17.2 Å². The summed E-state index contributed by atoms with van der Waals surface area (Å²) in [5.74, 6) is 0.181. The number of fused-ring (bicyclic) bond motifs is 1. The number of aliphatic hydroxyl groups is 1. The molecule has 0 aromatic heterocycles. The Balaban J connectivity index is 2.51. The van der Waals surface area contributed by atoms with Crippen LogP contribution in [0.5, 0.6) is 17.2 Å². The van der Waals surface area contributed by atoms with E-state index >= 15 is 0 Å². The van der Waals surface area contributed by atoms with Gasteiger partial charge >= 0.3 is 10.4 Å². The van der Waals surface area contributed by atoms with E-state index in [4.69, 9.17) is 4.74 Å². The molecule has 0 spiro atoms. The summed E-state index contributed by atoms with van der Waals surface area (Å²) in [5, 5.41) is 11.8. The summed E-state index contributed by atoms with van der Waals surface area (Å²) >= 11 is 0. The summed E-state index contributed by atoms with van der Waals surface area (Å²) in [6, 6.07) is 3.03. The number of hydrogen-bond donors (Lipinski definition) is 2. The van der Waals surface area contributed by atoms with Crippen molar-refractivity contribution < 1.29 is 26.6 Å². The smallest absolute Gasteiger partial charge is 0.493 e. The summed E-state index contributed by atoms with van der Waals surface area (Å²) in [7, 11) is -2.72. The average molecular weight is 261 g/mol. The van der Waals surface area contributed by atoms with E-state index in [2.05, 4.69) is 13.7 Å². The molecule has 1 aromatic carbocycles. The Labute approximate surface area is 98.2 Å². The predicted octanol–water partition coefficient (Wildman–Crippen LogP) is 0.461. The van der Waals surface area contributed by atoms with Crippen LogP contribution in [0.2, 0.25) is 0 Å². The van der Waals surface area contributed by atoms with Crippen LogP contribution < -0.4 is 18.4 Å². The van der Waals surface area contributed by atoms with Crippen LogP contribution in [0.4, 0.5) is 5.69 Å². The molecule has 2 rings (SSSR count). The fraction of sp³-hybridized carbons (Fsp3) is 0.333. The van der Waals surface area contributed by atoms with Crippen LogP contribution in [0.15, 0.2) is 12.1 Å². The molecule has 0 fully saturated rings. The van der Waals surface area contributed by atoms with Crippen LogP contribution in [0, 0.1) is 0 Å². The molecule has 8 heteroatoms. The maximum Gasteiger partial charge on any atom is 0.501 e. The molecule has 0 saturated carbocycles. The lowest BCUT2D eigenvalue weighted by Crippen LogP contribution is -2.14. The maximum atomic E-state index is 11.2. The highest BCUT2D eigenvalue weighted by molar-refractivity contribution is 7.82. The number of ether oxygens (including phenoxy) is 1. The van der Waals surface area contributed by atoms with Crippen LogP contribution in [-0.2, 0) is 10.4 Å². The molecular weight excluding hydrogens is 250 g/mol. The van der Waals surface area contributed by atoms with Crippen molar-refractivity contribution >= 4 is 16.1 Å². The normalized spacial score (nSPS) is 17.6. The van der Waals surface area contributed by atoms with Gasteiger partial charge in [-0.3, -0.25) is 0 Å². The van der Waals surface area contributed by atoms with E-state index in [0.29, 0.717) is 5.69 Å². The topological polar surface area (TPSA) is 94.1 Å². The SMILES string of the molecule is COc1ccc(NC(C)O)c2c1OS(=O)(=O)O2. The minimum absolute atomic E-state index is 0.0229. The second-order valence-corrected chi connectivity index (χ2v) is 4.52. The molecule has 0 radical (unpaired) electrons. The first-order valence-corrected chi connectivity index (χ1v) is 6.06. The Bertz CT molecular complexity index is 539. The standard InChI is InChI=1S/C9H11NO6S/c1-5(11)10-6-3-4-7(14-2)9-8(6)15-17(12,13)16-9/h3-5,10-11H,1-2H3. The Kier molecular flexibility index (Phi) is 2.76. The second kappa shape index (κ2) is 3.97. The van der Waals surface area contributed by atoms with Gasteiger partial charge in [0, 0.05) is 0 Å². The van der Waals surface area contributed by atoms with E-state index in [1.165, 1.54) is 26.2 Å². The molecule has 0 bridgehead atoms. The van der Waals surface area contributed by atoms with E-state index in [9.17, 15) is 13.5 Å². The molecule has 1 aliphatic rings. The largest absolute Gasteiger partial charge is 0.501 e. The van der Waals surface area contributed by atoms with Gasteiger partial charge < -0.3 is 23.5 Å². The Morgan fingerprint density at radius 2 is 2.00 bits per heavy atom. The highest BCUT2D eigenvalue weighted by Gasteiger charge is 2.34. The van der Waals surface area contributed by atoms with Gasteiger partial charge in [0.05, 0.1) is 12.8 Å². The van der Waals surface area contributed by atoms with Crippen molar-refractivity contribution in [1.29, 1.82) is 0 Å². The molecule has 0 aliphatic carbocycles. The molecule has 1 unspecified atom stereocenters. The van der Waals surface area contributed by atoms with E-state index < -0.39 is 16.6 Å². The number of anilines is 1. The second-order valence-electron chi connectivity index (χ2n) is 3.37. The predicted molar refractivity (Wildman–Crippen MR) is 58.5 cm³/mol. The molecule has 1 heterocycles. The number of benzene rings is 1. The summed E-state index contributed by atoms with van der Waals surface area (Å²) < 4.78 is 36.7. The molecule has 0 saturated heterocycles. The van der Waals surface area contributed by atoms with Crippen LogP contribution in [0.1, 0.15) is 6.92 Å². The van der Waals surface area contributed by atoms with Crippen molar-refractivity contribution in [1.82, 2.24) is 0 Å². The third kappa shape index (κ3) is 2.22. The first-order valence-electron chi connectivity index (χ1n) is 4.72. The molecule has 1 aliphatic heterocycles. The van der Waals surface area contributed by atoms with Gasteiger partial charge in [-0.2, -0.15) is 0 Å². The Morgan fingerprint density at radius 3 is 2.59 bits per heavy atom. The molecule has 17 heavy (non-hydrogen) atoms. The molecular formula is C9H11NO6S. The number of nitrogens with one attached hydrogen (secondary N) is 1. The number of methoxy groups -OCH3 is 1. The van der Waals surface area contributed by atoms with E-state index in [-0.39, 0.29) is 17.2 Å². The van der Waals surface area contributed by atoms with Gasteiger partial charge in [0.15, 0.2) is 5.75 Å². The fourth-order valence-electron chi connectivity index (χ4n) is 1.43. The van der Waals surface area contributed by atoms with Crippen LogP contribution in [0.25, 0.3) is 0 Å². The highest BCUT2D eigenvalue weighted by atomic mass is 32.3. The summed E-state index contributed by atoms with van der Waals surface area (Å²) in [6.45, 7) is 1.49. The van der Waals surface area contributed by atoms with E-state index in [0.717, 1.165) is 0 Å². The molecule has 2 N–H and O–H groups in total. The third-order valence-electron chi connectivity index (χ3n) is 2.03. The Hall–Kier alpha value is -1.67. The van der Waals surface area contributed by atoms with Gasteiger partial charge in [0.1, 0.15) is 6.23 Å². The van der Waals surface area contributed by atoms with Gasteiger partial charge in [-0.15, -0.1) is 8.42 Å². The van der Waals surface area contributed by atoms with Crippen molar-refractivity contribution in [2.24, 2.45) is 0 Å². The highest BCUT2D eigenvalue weighted by Crippen LogP contribution is 2.48. The van der Waals surface area contributed by atoms with Crippen molar-refractivity contribution in [3.63, 3.8) is 0 Å². The molecule has 1 atom stereocenters. The first kappa shape index (κ1) is 11.8. The molecule has 0 amide bonds. The van der Waals surface area contributed by atoms with Gasteiger partial charge in [0.2, 0.25) is 11.5 Å². The lowest BCUT2D eigenvalue weighted by Gasteiger charge is -2.11. The maximum absolute atomic E-state index is 11.2. The number of rotatable bonds is 3. The van der Waals surface area contributed by atoms with Crippen molar-refractivity contribution in [2.75, 3.05) is 12.4 Å². The van der Waals surface area contributed by atoms with Gasteiger partial charge in [0.25, 0.3) is 0 Å². The van der Waals surface area contributed by atoms with Gasteiger partial charge in [-0.1, -0.05) is 0 Å². The zero-order valence-corrected chi connectivity index (χ0v) is 9.95. The monoisotopic (exact) mass is 261 g/mol. The third-order valence-corrected chi connectivity index (χ3v) is 2.77. The summed E-state index contributed by atoms with van der Waals surface area (Å²) in [4.78, 5) is 0. The Morgan fingerprint density at radius 1 is 1.35 bits per heavy atom. The first-order chi connectivity index (χ1) is 7.93. The number of aliphatic hydroxyl groups excluding tert-OH is 1. The zero-order valence-electron chi connectivity index (χ0n) is 9.13. The van der Waals surface area contributed by atoms with E-state index in [1.807, 2.05) is 0 Å². The minimum atomic E-state index is -4.10. The fourth-order valence-corrected chi connectivity index (χ4v) is 2.19. The molecule has 1 aromatic rings. The van der Waals surface area contributed by atoms with Crippen LogP contribution in [-0.4, -0.2) is 26.9 Å². The van der Waals surface area contributed by atoms with Crippen LogP contribution in [0.3, 0.4) is 0 Å². The van der Waals surface area contributed by atoms with Crippen molar-refractivity contribution in [2.45, 2.75) is 13.2 Å². The summed E-state index contributed by atoms with van der Waals surface area (Å²) in [5.41, 5.74) is 0.303. The quantitative estimate of drug-likeness (QED) is 0.763.